The van der Waals surface area contributed by atoms with Gasteiger partial charge in [-0.25, -0.2) is 0 Å². The Morgan fingerprint density at radius 2 is 1.86 bits per heavy atom. The third-order valence-corrected chi connectivity index (χ3v) is 0.167. The van der Waals surface area contributed by atoms with E-state index in [1.165, 1.54) is 0 Å². The van der Waals surface area contributed by atoms with Crippen LogP contribution in [0.4, 0.5) is 0 Å². The van der Waals surface area contributed by atoms with Crippen molar-refractivity contribution < 1.29 is 37.2 Å². The molecular weight excluding hydrogens is 196 g/mol. The largest absolute Gasteiger partial charge is 2.00 e. The predicted octanol–water partition coefficient (Wildman–Crippen LogP) is -1.93. The molecule has 38 valence electrons. The monoisotopic (exact) mass is 206 g/mol. The molecule has 0 saturated heterocycles. The fraction of sp³-hybridized carbons (Fsp3) is 0.500. The summed E-state index contributed by atoms with van der Waals surface area (Å²) in [6.07, 6.45) is 0. The molecule has 0 aliphatic rings. The van der Waals surface area contributed by atoms with Crippen LogP contribution >= 0.6 is 0 Å². The van der Waals surface area contributed by atoms with E-state index < -0.39 is 5.97 Å². The van der Waals surface area contributed by atoms with Crippen LogP contribution in [0.3, 0.4) is 0 Å². The minimum atomic E-state index is -1.22. The fourth-order valence-corrected chi connectivity index (χ4v) is 0. The van der Waals surface area contributed by atoms with Crippen molar-refractivity contribution >= 4 is 5.97 Å². The Morgan fingerprint density at radius 3 is 1.86 bits per heavy atom. The van der Waals surface area contributed by atoms with Crippen LogP contribution < -0.4 is 17.0 Å². The number of carbonyl (C=O) groups excluding carboxylic acids is 1. The Balaban J connectivity index is -0.0000000800. The maximum absolute atomic E-state index is 9.13. The summed E-state index contributed by atoms with van der Waals surface area (Å²) in [5.74, 6) is -1.22. The zero-order valence-electron chi connectivity index (χ0n) is 4.31. The summed E-state index contributed by atoms with van der Waals surface area (Å²) >= 11 is 0. The Kier molecular flexibility index (Phi) is 21.4. The summed E-state index contributed by atoms with van der Waals surface area (Å²) in [5, 5.41) is 9.13. The standard InChI is InChI=1S/C2H5NO2.Cd.H3N/c3-1-2(4)5;;/h1,3H2,(H,4,5);;1H3/q;+2;. The first kappa shape index (κ1) is 15.7. The van der Waals surface area contributed by atoms with Gasteiger partial charge in [-0.2, -0.15) is 0 Å². The molecule has 0 aromatic rings. The molecule has 4 nitrogen and oxygen atoms in total. The first-order chi connectivity index (χ1) is 2.27. The van der Waals surface area contributed by atoms with Crippen LogP contribution in [-0.2, 0) is 32.1 Å². The van der Waals surface area contributed by atoms with Gasteiger partial charge in [0.15, 0.2) is 0 Å². The van der Waals surface area contributed by atoms with Gasteiger partial charge in [0, 0.05) is 6.54 Å². The number of carboxylic acids is 1. The summed E-state index contributed by atoms with van der Waals surface area (Å²) in [4.78, 5) is 9.13. The van der Waals surface area contributed by atoms with E-state index in [0.717, 1.165) is 0 Å². The Morgan fingerprint density at radius 1 is 1.71 bits per heavy atom. The van der Waals surface area contributed by atoms with E-state index in [9.17, 15) is 0 Å². The number of rotatable bonds is 1. The van der Waals surface area contributed by atoms with Gasteiger partial charge < -0.3 is 21.8 Å². The Bertz CT molecular complexity index is 49.0. The number of carboxylic acid groups (broad SMARTS) is 1. The summed E-state index contributed by atoms with van der Waals surface area (Å²) in [6.45, 7) is -0.389. The van der Waals surface area contributed by atoms with Crippen molar-refractivity contribution in [2.24, 2.45) is 5.73 Å². The van der Waals surface area contributed by atoms with Crippen LogP contribution in [0.5, 0.6) is 0 Å². The third-order valence-electron chi connectivity index (χ3n) is 0.167. The number of quaternary nitrogens is 1. The van der Waals surface area contributed by atoms with E-state index >= 15 is 0 Å². The molecule has 0 saturated carbocycles. The molecule has 0 aliphatic carbocycles. The van der Waals surface area contributed by atoms with Gasteiger partial charge >= 0.3 is 27.3 Å². The van der Waals surface area contributed by atoms with Gasteiger partial charge in [-0.1, -0.05) is 0 Å². The molecule has 0 spiro atoms. The second-order valence-electron chi connectivity index (χ2n) is 0.576. The average molecular weight is 205 g/mol. The molecule has 0 aromatic carbocycles. The van der Waals surface area contributed by atoms with Gasteiger partial charge in [0.2, 0.25) is 0 Å². The normalized spacial score (nSPS) is 5.29. The maximum Gasteiger partial charge on any atom is 2.00 e. The maximum atomic E-state index is 9.13. The molecule has 0 unspecified atom stereocenters. The first-order valence-corrected chi connectivity index (χ1v) is 1.17. The Hall–Kier alpha value is 0.312. The second-order valence-corrected chi connectivity index (χ2v) is 0.576. The number of hydrogen-bond acceptors (Lipinski definition) is 3. The second kappa shape index (κ2) is 9.58. The van der Waals surface area contributed by atoms with Crippen molar-refractivity contribution in [3.63, 3.8) is 0 Å². The van der Waals surface area contributed by atoms with Crippen molar-refractivity contribution in [1.82, 2.24) is 6.15 Å². The molecule has 0 bridgehead atoms. The minimum Gasteiger partial charge on any atom is -0.549 e. The molecule has 6 N–H and O–H groups in total. The molecule has 5 heteroatoms. The number of nitrogens with two attached hydrogens (primary N) is 1. The molecule has 7 heavy (non-hydrogen) atoms. The average Bonchev–Trinajstić information content (AvgIpc) is 1.38. The first-order valence-electron chi connectivity index (χ1n) is 1.17. The van der Waals surface area contributed by atoms with Crippen LogP contribution in [-0.4, -0.2) is 12.5 Å². The van der Waals surface area contributed by atoms with Crippen molar-refractivity contribution in [3.05, 3.63) is 0 Å². The quantitative estimate of drug-likeness (QED) is 0.486. The molecular formula is C2H8CdN2O2+2. The summed E-state index contributed by atoms with van der Waals surface area (Å²) in [6, 6.07) is 0. The van der Waals surface area contributed by atoms with E-state index in [1.807, 2.05) is 0 Å². The molecule has 0 aromatic heterocycles. The zero-order valence-corrected chi connectivity index (χ0v) is 8.34. The molecule has 0 rings (SSSR count). The van der Waals surface area contributed by atoms with Crippen molar-refractivity contribution in [1.29, 1.82) is 0 Å². The fourth-order valence-electron chi connectivity index (χ4n) is 0. The van der Waals surface area contributed by atoms with Gasteiger partial charge in [0.05, 0.1) is 5.97 Å². The zero-order chi connectivity index (χ0) is 4.28. The van der Waals surface area contributed by atoms with Crippen LogP contribution in [0.2, 0.25) is 0 Å². The summed E-state index contributed by atoms with van der Waals surface area (Å²) in [5.41, 5.74) is 4.51. The van der Waals surface area contributed by atoms with Crippen LogP contribution in [0.25, 0.3) is 0 Å². The van der Waals surface area contributed by atoms with Gasteiger partial charge in [-0.05, 0) is 0 Å². The summed E-state index contributed by atoms with van der Waals surface area (Å²) < 4.78 is 0. The van der Waals surface area contributed by atoms with E-state index in [1.54, 1.807) is 0 Å². The Labute approximate surface area is 61.8 Å². The molecule has 0 atom stereocenters. The van der Waals surface area contributed by atoms with E-state index in [-0.39, 0.29) is 40.0 Å². The third kappa shape index (κ3) is 22.0. The smallest absolute Gasteiger partial charge is 0.549 e. The number of carbonyl (C=O) groups is 1. The van der Waals surface area contributed by atoms with Crippen molar-refractivity contribution in [2.45, 2.75) is 0 Å². The molecule has 0 aliphatic heterocycles. The molecule has 0 heterocycles. The van der Waals surface area contributed by atoms with Gasteiger partial charge in [-0.15, -0.1) is 0 Å². The van der Waals surface area contributed by atoms with E-state index in [2.05, 4.69) is 5.73 Å². The van der Waals surface area contributed by atoms with Crippen molar-refractivity contribution in [2.75, 3.05) is 6.54 Å². The molecule has 0 radical (unpaired) electrons. The molecule has 0 fully saturated rings. The molecule has 0 amide bonds. The van der Waals surface area contributed by atoms with Gasteiger partial charge in [-0.3, -0.25) is 0 Å². The van der Waals surface area contributed by atoms with Gasteiger partial charge in [0.25, 0.3) is 0 Å². The predicted molar refractivity (Wildman–Crippen MR) is 20.0 cm³/mol. The van der Waals surface area contributed by atoms with Gasteiger partial charge in [0.1, 0.15) is 0 Å². The van der Waals surface area contributed by atoms with E-state index in [4.69, 9.17) is 9.90 Å². The SMILES string of the molecule is NCC(=O)[O-].[Cd+2].[NH4+]. The number of hydrogen-bond donors (Lipinski definition) is 2. The van der Waals surface area contributed by atoms with Crippen molar-refractivity contribution in [3.8, 4) is 0 Å². The summed E-state index contributed by atoms with van der Waals surface area (Å²) in [7, 11) is 0. The van der Waals surface area contributed by atoms with Crippen LogP contribution in [0.1, 0.15) is 0 Å². The number of aliphatic carboxylic acids is 1. The van der Waals surface area contributed by atoms with Crippen LogP contribution in [0, 0.1) is 0 Å². The topological polar surface area (TPSA) is 103 Å². The van der Waals surface area contributed by atoms with E-state index in [0.29, 0.717) is 0 Å². The van der Waals surface area contributed by atoms with Crippen LogP contribution in [0.15, 0.2) is 0 Å². The minimum absolute atomic E-state index is 0.